The van der Waals surface area contributed by atoms with E-state index in [9.17, 15) is 0 Å². The van der Waals surface area contributed by atoms with Crippen molar-refractivity contribution >= 4 is 0 Å². The van der Waals surface area contributed by atoms with E-state index in [-0.39, 0.29) is 6.04 Å². The van der Waals surface area contributed by atoms with Crippen LogP contribution < -0.4 is 16.2 Å². The molecule has 16 heavy (non-hydrogen) atoms. The molecule has 0 unspecified atom stereocenters. The SMILES string of the molecule is CCCCCOc1ccc([C@H](N)CN)cc1. The van der Waals surface area contributed by atoms with Crippen molar-refractivity contribution in [3.63, 3.8) is 0 Å². The lowest BCUT2D eigenvalue weighted by molar-refractivity contribution is 0.306. The van der Waals surface area contributed by atoms with Crippen LogP contribution in [0.4, 0.5) is 0 Å². The van der Waals surface area contributed by atoms with Crippen molar-refractivity contribution in [3.8, 4) is 5.75 Å². The van der Waals surface area contributed by atoms with Crippen LogP contribution in [0.2, 0.25) is 0 Å². The largest absolute Gasteiger partial charge is 0.494 e. The second kappa shape index (κ2) is 7.25. The van der Waals surface area contributed by atoms with Crippen LogP contribution in [0, 0.1) is 0 Å². The summed E-state index contributed by atoms with van der Waals surface area (Å²) in [6.45, 7) is 3.44. The molecule has 0 aliphatic carbocycles. The second-order valence-electron chi connectivity index (χ2n) is 3.97. The fourth-order valence-corrected chi connectivity index (χ4v) is 1.49. The molecule has 1 atom stereocenters. The van der Waals surface area contributed by atoms with Crippen molar-refractivity contribution in [2.24, 2.45) is 11.5 Å². The molecule has 3 nitrogen and oxygen atoms in total. The molecule has 0 saturated carbocycles. The predicted molar refractivity (Wildman–Crippen MR) is 67.4 cm³/mol. The van der Waals surface area contributed by atoms with Crippen LogP contribution in [0.1, 0.15) is 37.8 Å². The van der Waals surface area contributed by atoms with E-state index >= 15 is 0 Å². The second-order valence-corrected chi connectivity index (χ2v) is 3.97. The first-order valence-corrected chi connectivity index (χ1v) is 5.96. The maximum Gasteiger partial charge on any atom is 0.119 e. The Morgan fingerprint density at radius 3 is 2.44 bits per heavy atom. The normalized spacial score (nSPS) is 12.4. The quantitative estimate of drug-likeness (QED) is 0.695. The average Bonchev–Trinajstić information content (AvgIpc) is 2.34. The molecule has 0 spiro atoms. The standard InChI is InChI=1S/C13H22N2O/c1-2-3-4-9-16-12-7-5-11(6-8-12)13(15)10-14/h5-8,13H,2-4,9-10,14-15H2,1H3/t13-/m1/s1. The Morgan fingerprint density at radius 1 is 1.19 bits per heavy atom. The highest BCUT2D eigenvalue weighted by atomic mass is 16.5. The van der Waals surface area contributed by atoms with Gasteiger partial charge in [0.1, 0.15) is 5.75 Å². The van der Waals surface area contributed by atoms with Gasteiger partial charge >= 0.3 is 0 Å². The van der Waals surface area contributed by atoms with Crippen molar-refractivity contribution in [3.05, 3.63) is 29.8 Å². The van der Waals surface area contributed by atoms with Crippen molar-refractivity contribution in [2.45, 2.75) is 32.2 Å². The molecule has 0 bridgehead atoms. The van der Waals surface area contributed by atoms with Gasteiger partial charge in [-0.15, -0.1) is 0 Å². The molecule has 90 valence electrons. The average molecular weight is 222 g/mol. The van der Waals surface area contributed by atoms with Crippen LogP contribution in [0.25, 0.3) is 0 Å². The van der Waals surface area contributed by atoms with E-state index in [1.54, 1.807) is 0 Å². The lowest BCUT2D eigenvalue weighted by Crippen LogP contribution is -2.20. The molecule has 3 heteroatoms. The monoisotopic (exact) mass is 222 g/mol. The Balaban J connectivity index is 2.39. The van der Waals surface area contributed by atoms with Gasteiger partial charge in [0.05, 0.1) is 6.61 Å². The molecule has 1 aromatic rings. The van der Waals surface area contributed by atoms with Crippen molar-refractivity contribution in [1.29, 1.82) is 0 Å². The number of hydrogen-bond acceptors (Lipinski definition) is 3. The van der Waals surface area contributed by atoms with Gasteiger partial charge < -0.3 is 16.2 Å². The molecule has 0 aliphatic rings. The summed E-state index contributed by atoms with van der Waals surface area (Å²) in [5.74, 6) is 0.907. The van der Waals surface area contributed by atoms with E-state index in [2.05, 4.69) is 6.92 Å². The zero-order valence-electron chi connectivity index (χ0n) is 9.99. The molecule has 4 N–H and O–H groups in total. The number of benzene rings is 1. The number of unbranched alkanes of at least 4 members (excludes halogenated alkanes) is 2. The summed E-state index contributed by atoms with van der Waals surface area (Å²) in [6, 6.07) is 7.79. The van der Waals surface area contributed by atoms with Gasteiger partial charge in [0.2, 0.25) is 0 Å². The molecule has 0 aliphatic heterocycles. The highest BCUT2D eigenvalue weighted by Crippen LogP contribution is 2.16. The number of hydrogen-bond donors (Lipinski definition) is 2. The topological polar surface area (TPSA) is 61.3 Å². The predicted octanol–water partition coefficient (Wildman–Crippen LogP) is 2.21. The first-order chi connectivity index (χ1) is 7.77. The summed E-state index contributed by atoms with van der Waals surface area (Å²) in [7, 11) is 0. The third-order valence-corrected chi connectivity index (χ3v) is 2.58. The Bertz CT molecular complexity index is 284. The summed E-state index contributed by atoms with van der Waals surface area (Å²) in [4.78, 5) is 0. The minimum Gasteiger partial charge on any atom is -0.494 e. The third-order valence-electron chi connectivity index (χ3n) is 2.58. The van der Waals surface area contributed by atoms with Gasteiger partial charge in [0.15, 0.2) is 0 Å². The molecule has 0 aromatic heterocycles. The Kier molecular flexibility index (Phi) is 5.90. The lowest BCUT2D eigenvalue weighted by atomic mass is 10.1. The number of rotatable bonds is 7. The lowest BCUT2D eigenvalue weighted by Gasteiger charge is -2.10. The molecule has 0 heterocycles. The van der Waals surface area contributed by atoms with Crippen LogP contribution in [-0.4, -0.2) is 13.2 Å². The molecular formula is C13H22N2O. The van der Waals surface area contributed by atoms with E-state index in [0.29, 0.717) is 6.54 Å². The van der Waals surface area contributed by atoms with E-state index in [1.807, 2.05) is 24.3 Å². The summed E-state index contributed by atoms with van der Waals surface area (Å²) in [6.07, 6.45) is 3.55. The summed E-state index contributed by atoms with van der Waals surface area (Å²) in [5, 5.41) is 0. The van der Waals surface area contributed by atoms with Gasteiger partial charge in [-0.2, -0.15) is 0 Å². The third kappa shape index (κ3) is 4.21. The Hall–Kier alpha value is -1.06. The molecule has 1 rings (SSSR count). The molecule has 0 radical (unpaired) electrons. The molecule has 0 fully saturated rings. The summed E-state index contributed by atoms with van der Waals surface area (Å²) in [5.41, 5.74) is 12.4. The first-order valence-electron chi connectivity index (χ1n) is 5.96. The van der Waals surface area contributed by atoms with Crippen molar-refractivity contribution in [1.82, 2.24) is 0 Å². The van der Waals surface area contributed by atoms with Gasteiger partial charge in [-0.1, -0.05) is 31.9 Å². The minimum absolute atomic E-state index is 0.0749. The fraction of sp³-hybridized carbons (Fsp3) is 0.538. The van der Waals surface area contributed by atoms with E-state index in [1.165, 1.54) is 12.8 Å². The maximum atomic E-state index is 5.82. The minimum atomic E-state index is -0.0749. The molecular weight excluding hydrogens is 200 g/mol. The zero-order valence-corrected chi connectivity index (χ0v) is 9.99. The van der Waals surface area contributed by atoms with E-state index in [0.717, 1.165) is 24.3 Å². The Morgan fingerprint density at radius 2 is 1.88 bits per heavy atom. The maximum absolute atomic E-state index is 5.82. The van der Waals surface area contributed by atoms with Crippen LogP contribution in [-0.2, 0) is 0 Å². The van der Waals surface area contributed by atoms with E-state index in [4.69, 9.17) is 16.2 Å². The highest BCUT2D eigenvalue weighted by molar-refractivity contribution is 5.29. The van der Waals surface area contributed by atoms with Crippen LogP contribution >= 0.6 is 0 Å². The molecule has 1 aromatic carbocycles. The van der Waals surface area contributed by atoms with Crippen LogP contribution in [0.5, 0.6) is 5.75 Å². The van der Waals surface area contributed by atoms with Gasteiger partial charge in [0.25, 0.3) is 0 Å². The summed E-state index contributed by atoms with van der Waals surface area (Å²) >= 11 is 0. The smallest absolute Gasteiger partial charge is 0.119 e. The fourth-order valence-electron chi connectivity index (χ4n) is 1.49. The van der Waals surface area contributed by atoms with Gasteiger partial charge in [-0.25, -0.2) is 0 Å². The number of nitrogens with two attached hydrogens (primary N) is 2. The van der Waals surface area contributed by atoms with Gasteiger partial charge in [-0.05, 0) is 24.1 Å². The highest BCUT2D eigenvalue weighted by Gasteiger charge is 2.02. The van der Waals surface area contributed by atoms with Gasteiger partial charge in [-0.3, -0.25) is 0 Å². The van der Waals surface area contributed by atoms with Crippen LogP contribution in [0.15, 0.2) is 24.3 Å². The first kappa shape index (κ1) is 13.0. The van der Waals surface area contributed by atoms with Gasteiger partial charge in [0, 0.05) is 12.6 Å². The van der Waals surface area contributed by atoms with Crippen molar-refractivity contribution in [2.75, 3.05) is 13.2 Å². The molecule has 0 saturated heterocycles. The Labute approximate surface area is 97.8 Å². The zero-order chi connectivity index (χ0) is 11.8. The molecule has 0 amide bonds. The number of ether oxygens (including phenoxy) is 1. The van der Waals surface area contributed by atoms with Crippen LogP contribution in [0.3, 0.4) is 0 Å². The summed E-state index contributed by atoms with van der Waals surface area (Å²) < 4.78 is 5.60. The van der Waals surface area contributed by atoms with E-state index < -0.39 is 0 Å². The van der Waals surface area contributed by atoms with Crippen molar-refractivity contribution < 1.29 is 4.74 Å².